The van der Waals surface area contributed by atoms with Crippen LogP contribution < -0.4 is 14.6 Å². The van der Waals surface area contributed by atoms with Gasteiger partial charge in [-0.15, -0.1) is 0 Å². The first-order chi connectivity index (χ1) is 13.1. The minimum Gasteiger partial charge on any atom is -0.493 e. The molecule has 2 N–H and O–H groups in total. The van der Waals surface area contributed by atoms with Crippen molar-refractivity contribution in [3.63, 3.8) is 0 Å². The molecule has 1 saturated carbocycles. The molecule has 7 nitrogen and oxygen atoms in total. The number of carbonyl (C=O) groups is 2. The smallest absolute Gasteiger partial charge is 0.311 e. The molecule has 3 rings (SSSR count). The van der Waals surface area contributed by atoms with Gasteiger partial charge in [0.1, 0.15) is 0 Å². The van der Waals surface area contributed by atoms with Gasteiger partial charge in [-0.1, -0.05) is 6.07 Å². The molecule has 0 aromatic heterocycles. The van der Waals surface area contributed by atoms with Gasteiger partial charge < -0.3 is 19.1 Å². The van der Waals surface area contributed by atoms with Gasteiger partial charge in [0.05, 0.1) is 26.2 Å². The molecule has 2 atom stereocenters. The number of nitrogens with zero attached hydrogens (tertiary/aromatic N) is 1. The maximum Gasteiger partial charge on any atom is 0.311 e. The highest BCUT2D eigenvalue weighted by molar-refractivity contribution is 8.11. The minimum atomic E-state index is -0.432. The van der Waals surface area contributed by atoms with E-state index < -0.39 is 5.92 Å². The van der Waals surface area contributed by atoms with Gasteiger partial charge in [-0.2, -0.15) is 0 Å². The molecule has 27 heavy (non-hydrogen) atoms. The van der Waals surface area contributed by atoms with Crippen LogP contribution in [0.4, 0.5) is 4.79 Å². The first-order valence-electron chi connectivity index (χ1n) is 9.15. The predicted molar refractivity (Wildman–Crippen MR) is 103 cm³/mol. The summed E-state index contributed by atoms with van der Waals surface area (Å²) in [5.41, 5.74) is 0.927. The van der Waals surface area contributed by atoms with Crippen molar-refractivity contribution in [2.75, 3.05) is 27.3 Å². The van der Waals surface area contributed by atoms with E-state index in [1.54, 1.807) is 12.0 Å². The van der Waals surface area contributed by atoms with E-state index in [1.165, 1.54) is 20.0 Å². The number of methoxy groups -OCH3 is 2. The summed E-state index contributed by atoms with van der Waals surface area (Å²) in [7, 11) is 2.98. The summed E-state index contributed by atoms with van der Waals surface area (Å²) in [6.45, 7) is 0.712. The number of rotatable bonds is 5. The summed E-state index contributed by atoms with van der Waals surface area (Å²) in [5, 5.41) is 5.17. The zero-order valence-corrected chi connectivity index (χ0v) is 16.5. The number of carbonyl (C=O) groups excluding carboxylic acids is 2. The lowest BCUT2D eigenvalue weighted by atomic mass is 9.89. The van der Waals surface area contributed by atoms with E-state index in [4.69, 9.17) is 19.3 Å². The summed E-state index contributed by atoms with van der Waals surface area (Å²) in [5.74, 6) is 0.419. The minimum absolute atomic E-state index is 0.176. The number of nitrogens with two attached hydrogens (primary N) is 1. The fraction of sp³-hybridized carbons (Fsp3) is 0.579. The van der Waals surface area contributed by atoms with Gasteiger partial charge in [-0.3, -0.25) is 14.7 Å². The molecule has 0 bridgehead atoms. The summed E-state index contributed by atoms with van der Waals surface area (Å²) < 4.78 is 16.6. The van der Waals surface area contributed by atoms with Crippen molar-refractivity contribution in [3.05, 3.63) is 23.8 Å². The lowest BCUT2D eigenvalue weighted by Gasteiger charge is -2.20. The molecular weight excluding hydrogens is 368 g/mol. The summed E-state index contributed by atoms with van der Waals surface area (Å²) in [4.78, 5) is 25.9. The van der Waals surface area contributed by atoms with Crippen LogP contribution in [0.3, 0.4) is 0 Å². The van der Waals surface area contributed by atoms with E-state index in [2.05, 4.69) is 0 Å². The molecule has 1 heterocycles. The zero-order chi connectivity index (χ0) is 19.4. The fourth-order valence-corrected chi connectivity index (χ4v) is 4.26. The van der Waals surface area contributed by atoms with E-state index in [-0.39, 0.29) is 23.2 Å². The number of benzene rings is 1. The summed E-state index contributed by atoms with van der Waals surface area (Å²) in [6, 6.07) is 5.71. The highest BCUT2D eigenvalue weighted by Crippen LogP contribution is 2.39. The molecule has 2 aliphatic rings. The van der Waals surface area contributed by atoms with Crippen LogP contribution in [0.2, 0.25) is 0 Å². The molecule has 0 radical (unpaired) electrons. The molecule has 1 aliphatic heterocycles. The zero-order valence-electron chi connectivity index (χ0n) is 15.7. The van der Waals surface area contributed by atoms with Crippen molar-refractivity contribution < 1.29 is 23.8 Å². The highest BCUT2D eigenvalue weighted by atomic mass is 32.2. The number of amides is 1. The van der Waals surface area contributed by atoms with Gasteiger partial charge in [0.25, 0.3) is 5.24 Å². The SMILES string of the molecule is COC(=O)C1CN(C(=O)SN)CC1c1ccc(OC)c(OC2CCCC2)c1. The van der Waals surface area contributed by atoms with Gasteiger partial charge >= 0.3 is 5.97 Å². The highest BCUT2D eigenvalue weighted by Gasteiger charge is 2.41. The fourth-order valence-electron chi connectivity index (χ4n) is 3.96. The van der Waals surface area contributed by atoms with E-state index in [1.807, 2.05) is 18.2 Å². The first kappa shape index (κ1) is 19.8. The average molecular weight is 394 g/mol. The number of esters is 1. The molecular formula is C19H26N2O5S. The Morgan fingerprint density at radius 1 is 1.15 bits per heavy atom. The van der Waals surface area contributed by atoms with Crippen LogP contribution in [0.5, 0.6) is 11.5 Å². The van der Waals surface area contributed by atoms with Crippen LogP contribution in [-0.4, -0.2) is 49.5 Å². The van der Waals surface area contributed by atoms with Crippen LogP contribution >= 0.6 is 11.9 Å². The first-order valence-corrected chi connectivity index (χ1v) is 10.0. The summed E-state index contributed by atoms with van der Waals surface area (Å²) in [6.07, 6.45) is 4.62. The lowest BCUT2D eigenvalue weighted by Crippen LogP contribution is -2.27. The molecule has 0 spiro atoms. The van der Waals surface area contributed by atoms with Crippen molar-refractivity contribution in [3.8, 4) is 11.5 Å². The number of ether oxygens (including phenoxy) is 3. The molecule has 1 aromatic rings. The lowest BCUT2D eigenvalue weighted by molar-refractivity contribution is -0.145. The Morgan fingerprint density at radius 2 is 1.89 bits per heavy atom. The molecule has 8 heteroatoms. The normalized spacial score (nSPS) is 22.7. The van der Waals surface area contributed by atoms with Gasteiger partial charge in [-0.05, 0) is 43.4 Å². The molecule has 148 valence electrons. The maximum atomic E-state index is 12.3. The van der Waals surface area contributed by atoms with E-state index >= 15 is 0 Å². The van der Waals surface area contributed by atoms with Crippen LogP contribution in [0, 0.1) is 5.92 Å². The molecule has 1 aliphatic carbocycles. The Balaban J connectivity index is 1.87. The average Bonchev–Trinajstić information content (AvgIpc) is 3.36. The molecule has 1 amide bonds. The van der Waals surface area contributed by atoms with Crippen LogP contribution in [-0.2, 0) is 9.53 Å². The maximum absolute atomic E-state index is 12.3. The number of likely N-dealkylation sites (tertiary alicyclic amines) is 1. The van der Waals surface area contributed by atoms with Crippen molar-refractivity contribution in [1.29, 1.82) is 0 Å². The van der Waals surface area contributed by atoms with E-state index in [9.17, 15) is 9.59 Å². The topological polar surface area (TPSA) is 91.1 Å². The van der Waals surface area contributed by atoms with Gasteiger partial charge in [0, 0.05) is 31.0 Å². The number of hydrogen-bond donors (Lipinski definition) is 1. The van der Waals surface area contributed by atoms with Gasteiger partial charge in [0.15, 0.2) is 11.5 Å². The van der Waals surface area contributed by atoms with E-state index in [0.29, 0.717) is 36.5 Å². The van der Waals surface area contributed by atoms with Gasteiger partial charge in [0.2, 0.25) is 0 Å². The Hall–Kier alpha value is -1.93. The Morgan fingerprint density at radius 3 is 2.52 bits per heavy atom. The van der Waals surface area contributed by atoms with Crippen molar-refractivity contribution in [1.82, 2.24) is 4.90 Å². The second kappa shape index (κ2) is 8.84. The van der Waals surface area contributed by atoms with E-state index in [0.717, 1.165) is 18.4 Å². The van der Waals surface area contributed by atoms with Crippen LogP contribution in [0.15, 0.2) is 18.2 Å². The Bertz CT molecular complexity index is 693. The second-order valence-corrected chi connectivity index (χ2v) is 7.54. The number of hydrogen-bond acceptors (Lipinski definition) is 7. The standard InChI is InChI=1S/C19H26N2O5S/c1-24-16-8-7-12(9-17(16)26-13-5-3-4-6-13)14-10-21(19(23)27-20)11-15(14)18(22)25-2/h7-9,13-15H,3-6,10-11,20H2,1-2H3. The Labute approximate surface area is 163 Å². The third-order valence-electron chi connectivity index (χ3n) is 5.39. The third kappa shape index (κ3) is 4.32. The summed E-state index contributed by atoms with van der Waals surface area (Å²) >= 11 is 0.661. The Kier molecular flexibility index (Phi) is 6.49. The van der Waals surface area contributed by atoms with Crippen molar-refractivity contribution in [2.24, 2.45) is 11.1 Å². The predicted octanol–water partition coefficient (Wildman–Crippen LogP) is 2.93. The monoisotopic (exact) mass is 394 g/mol. The van der Waals surface area contributed by atoms with Crippen molar-refractivity contribution >= 4 is 23.2 Å². The van der Waals surface area contributed by atoms with Crippen LogP contribution in [0.25, 0.3) is 0 Å². The molecule has 2 unspecified atom stereocenters. The molecule has 1 aromatic carbocycles. The molecule has 2 fully saturated rings. The third-order valence-corrected chi connectivity index (χ3v) is 5.85. The largest absolute Gasteiger partial charge is 0.493 e. The van der Waals surface area contributed by atoms with Crippen molar-refractivity contribution in [2.45, 2.75) is 37.7 Å². The quantitative estimate of drug-likeness (QED) is 0.606. The van der Waals surface area contributed by atoms with Gasteiger partial charge in [-0.25, -0.2) is 0 Å². The van der Waals surface area contributed by atoms with Crippen LogP contribution in [0.1, 0.15) is 37.2 Å². The second-order valence-electron chi connectivity index (χ2n) is 6.96. The molecule has 1 saturated heterocycles.